The zero-order chi connectivity index (χ0) is 16.3. The fourth-order valence-corrected chi connectivity index (χ4v) is 3.85. The van der Waals surface area contributed by atoms with Gasteiger partial charge in [0.15, 0.2) is 0 Å². The summed E-state index contributed by atoms with van der Waals surface area (Å²) in [6.07, 6.45) is 3.43. The third-order valence-corrected chi connectivity index (χ3v) is 4.98. The van der Waals surface area contributed by atoms with E-state index in [-0.39, 0.29) is 5.92 Å². The van der Waals surface area contributed by atoms with Gasteiger partial charge in [0.05, 0.1) is 12.6 Å². The van der Waals surface area contributed by atoms with E-state index in [4.69, 9.17) is 4.74 Å². The molecule has 0 heterocycles. The second kappa shape index (κ2) is 7.17. The Bertz CT molecular complexity index is 521. The van der Waals surface area contributed by atoms with Gasteiger partial charge in [-0.1, -0.05) is 27.2 Å². The molecule has 1 aliphatic rings. The Kier molecular flexibility index (Phi) is 5.49. The maximum absolute atomic E-state index is 11.5. The van der Waals surface area contributed by atoms with E-state index in [0.717, 1.165) is 24.2 Å². The molecule has 0 spiro atoms. The SMILES string of the molecule is CCOc1ccc(C(=O)[O-])c(C2CC(C)CCC2C(C)C)c1. The van der Waals surface area contributed by atoms with Crippen molar-refractivity contribution in [2.24, 2.45) is 17.8 Å². The van der Waals surface area contributed by atoms with Gasteiger partial charge in [-0.2, -0.15) is 0 Å². The molecule has 0 aromatic heterocycles. The van der Waals surface area contributed by atoms with E-state index in [1.54, 1.807) is 12.1 Å². The summed E-state index contributed by atoms with van der Waals surface area (Å²) in [5.74, 6) is 1.64. The van der Waals surface area contributed by atoms with Crippen LogP contribution in [-0.4, -0.2) is 12.6 Å². The molecule has 0 radical (unpaired) electrons. The smallest absolute Gasteiger partial charge is 0.119 e. The van der Waals surface area contributed by atoms with E-state index < -0.39 is 5.97 Å². The summed E-state index contributed by atoms with van der Waals surface area (Å²) < 4.78 is 5.58. The number of hydrogen-bond acceptors (Lipinski definition) is 3. The molecule has 3 heteroatoms. The van der Waals surface area contributed by atoms with Crippen LogP contribution in [0.4, 0.5) is 0 Å². The van der Waals surface area contributed by atoms with Crippen molar-refractivity contribution in [3.63, 3.8) is 0 Å². The Morgan fingerprint density at radius 2 is 2.09 bits per heavy atom. The first-order valence-electron chi connectivity index (χ1n) is 8.42. The van der Waals surface area contributed by atoms with Gasteiger partial charge in [0, 0.05) is 5.56 Å². The van der Waals surface area contributed by atoms with Gasteiger partial charge >= 0.3 is 0 Å². The summed E-state index contributed by atoms with van der Waals surface area (Å²) in [5.41, 5.74) is 1.23. The highest BCUT2D eigenvalue weighted by molar-refractivity contribution is 5.88. The molecule has 0 N–H and O–H groups in total. The minimum Gasteiger partial charge on any atom is -0.545 e. The van der Waals surface area contributed by atoms with Crippen molar-refractivity contribution in [2.45, 2.75) is 52.9 Å². The van der Waals surface area contributed by atoms with Crippen LogP contribution in [0.5, 0.6) is 5.75 Å². The number of hydrogen-bond donors (Lipinski definition) is 0. The summed E-state index contributed by atoms with van der Waals surface area (Å²) >= 11 is 0. The predicted molar refractivity (Wildman–Crippen MR) is 86.0 cm³/mol. The third-order valence-electron chi connectivity index (χ3n) is 4.98. The largest absolute Gasteiger partial charge is 0.545 e. The Hall–Kier alpha value is -1.51. The maximum Gasteiger partial charge on any atom is 0.119 e. The number of benzene rings is 1. The van der Waals surface area contributed by atoms with Crippen LogP contribution in [0.3, 0.4) is 0 Å². The second-order valence-electron chi connectivity index (χ2n) is 6.90. The van der Waals surface area contributed by atoms with Crippen molar-refractivity contribution in [1.29, 1.82) is 0 Å². The minimum absolute atomic E-state index is 0.275. The average molecular weight is 303 g/mol. The van der Waals surface area contributed by atoms with Crippen molar-refractivity contribution >= 4 is 5.97 Å². The highest BCUT2D eigenvalue weighted by Gasteiger charge is 2.33. The van der Waals surface area contributed by atoms with Crippen LogP contribution in [0.25, 0.3) is 0 Å². The van der Waals surface area contributed by atoms with Gasteiger partial charge in [-0.25, -0.2) is 0 Å². The molecule has 3 nitrogen and oxygen atoms in total. The number of aromatic carboxylic acids is 1. The maximum atomic E-state index is 11.5. The zero-order valence-corrected chi connectivity index (χ0v) is 14.1. The molecule has 1 aliphatic carbocycles. The normalized spacial score (nSPS) is 25.2. The molecule has 0 saturated heterocycles. The van der Waals surface area contributed by atoms with Crippen LogP contribution in [0.15, 0.2) is 18.2 Å². The fraction of sp³-hybridized carbons (Fsp3) is 0.632. The summed E-state index contributed by atoms with van der Waals surface area (Å²) in [5, 5.41) is 11.5. The first-order chi connectivity index (χ1) is 10.4. The Morgan fingerprint density at radius 1 is 1.36 bits per heavy atom. The first kappa shape index (κ1) is 16.9. The van der Waals surface area contributed by atoms with Crippen LogP contribution in [-0.2, 0) is 0 Å². The lowest BCUT2D eigenvalue weighted by Gasteiger charge is -2.38. The molecule has 3 atom stereocenters. The van der Waals surface area contributed by atoms with Crippen molar-refractivity contribution in [3.05, 3.63) is 29.3 Å². The third kappa shape index (κ3) is 3.63. The number of carbonyl (C=O) groups is 1. The van der Waals surface area contributed by atoms with Gasteiger partial charge in [0.25, 0.3) is 0 Å². The van der Waals surface area contributed by atoms with Crippen LogP contribution in [0.2, 0.25) is 0 Å². The summed E-state index contributed by atoms with van der Waals surface area (Å²) in [4.78, 5) is 11.5. The van der Waals surface area contributed by atoms with Gasteiger partial charge in [0.2, 0.25) is 0 Å². The van der Waals surface area contributed by atoms with Crippen LogP contribution in [0, 0.1) is 17.8 Å². The van der Waals surface area contributed by atoms with Gasteiger partial charge in [-0.05, 0) is 67.2 Å². The van der Waals surface area contributed by atoms with Crippen LogP contribution < -0.4 is 9.84 Å². The van der Waals surface area contributed by atoms with Crippen LogP contribution in [0.1, 0.15) is 68.8 Å². The highest BCUT2D eigenvalue weighted by Crippen LogP contribution is 2.45. The summed E-state index contributed by atoms with van der Waals surface area (Å²) in [6, 6.07) is 5.30. The van der Waals surface area contributed by atoms with E-state index in [1.165, 1.54) is 6.42 Å². The standard InChI is InChI=1S/C19H28O3/c1-5-22-14-7-9-16(19(20)21)18(11-14)17-10-13(4)6-8-15(17)12(2)3/h7,9,11-13,15,17H,5-6,8,10H2,1-4H3,(H,20,21)/p-1. The molecular weight excluding hydrogens is 276 g/mol. The zero-order valence-electron chi connectivity index (χ0n) is 14.1. The molecule has 0 bridgehead atoms. The lowest BCUT2D eigenvalue weighted by Crippen LogP contribution is -2.30. The number of ether oxygens (including phenoxy) is 1. The lowest BCUT2D eigenvalue weighted by atomic mass is 9.67. The van der Waals surface area contributed by atoms with E-state index in [9.17, 15) is 9.90 Å². The molecule has 0 aliphatic heterocycles. The van der Waals surface area contributed by atoms with E-state index >= 15 is 0 Å². The topological polar surface area (TPSA) is 49.4 Å². The fourth-order valence-electron chi connectivity index (χ4n) is 3.85. The molecule has 1 aromatic rings. The summed E-state index contributed by atoms with van der Waals surface area (Å²) in [6.45, 7) is 9.25. The Balaban J connectivity index is 2.45. The van der Waals surface area contributed by atoms with Gasteiger partial charge in [-0.15, -0.1) is 0 Å². The molecule has 1 aromatic carbocycles. The van der Waals surface area contributed by atoms with Crippen molar-refractivity contribution in [2.75, 3.05) is 6.61 Å². The van der Waals surface area contributed by atoms with Gasteiger partial charge in [0.1, 0.15) is 5.75 Å². The minimum atomic E-state index is -1.08. The van der Waals surface area contributed by atoms with Crippen molar-refractivity contribution in [3.8, 4) is 5.75 Å². The molecule has 2 rings (SSSR count). The second-order valence-corrected chi connectivity index (χ2v) is 6.90. The number of carboxylic acid groups (broad SMARTS) is 1. The van der Waals surface area contributed by atoms with Crippen molar-refractivity contribution < 1.29 is 14.6 Å². The van der Waals surface area contributed by atoms with E-state index in [1.807, 2.05) is 13.0 Å². The van der Waals surface area contributed by atoms with Crippen molar-refractivity contribution in [1.82, 2.24) is 0 Å². The monoisotopic (exact) mass is 303 g/mol. The molecule has 3 unspecified atom stereocenters. The van der Waals surface area contributed by atoms with Gasteiger partial charge < -0.3 is 14.6 Å². The summed E-state index contributed by atoms with van der Waals surface area (Å²) in [7, 11) is 0. The van der Waals surface area contributed by atoms with E-state index in [2.05, 4.69) is 20.8 Å². The van der Waals surface area contributed by atoms with Crippen LogP contribution >= 0.6 is 0 Å². The lowest BCUT2D eigenvalue weighted by molar-refractivity contribution is -0.255. The predicted octanol–water partition coefficient (Wildman–Crippen LogP) is 3.62. The number of carbonyl (C=O) groups excluding carboxylic acids is 1. The molecule has 22 heavy (non-hydrogen) atoms. The first-order valence-corrected chi connectivity index (χ1v) is 8.42. The quantitative estimate of drug-likeness (QED) is 0.834. The average Bonchev–Trinajstić information content (AvgIpc) is 2.46. The molecular formula is C19H27O3-. The molecule has 1 saturated carbocycles. The Labute approximate surface area is 133 Å². The van der Waals surface area contributed by atoms with E-state index in [0.29, 0.717) is 29.9 Å². The number of carboxylic acids is 1. The number of rotatable bonds is 5. The molecule has 122 valence electrons. The molecule has 1 fully saturated rings. The highest BCUT2D eigenvalue weighted by atomic mass is 16.5. The molecule has 0 amide bonds. The Morgan fingerprint density at radius 3 is 2.68 bits per heavy atom. The van der Waals surface area contributed by atoms with Gasteiger partial charge in [-0.3, -0.25) is 0 Å².